The quantitative estimate of drug-likeness (QED) is 0.786. The van der Waals surface area contributed by atoms with E-state index < -0.39 is 11.2 Å². The van der Waals surface area contributed by atoms with Crippen molar-refractivity contribution in [1.82, 2.24) is 14.1 Å². The van der Waals surface area contributed by atoms with Gasteiger partial charge in [0, 0.05) is 24.8 Å². The van der Waals surface area contributed by atoms with Crippen molar-refractivity contribution in [2.24, 2.45) is 0 Å². The largest absolute Gasteiger partial charge is 0.332 e. The summed E-state index contributed by atoms with van der Waals surface area (Å²) in [6.45, 7) is 4.16. The fourth-order valence-corrected chi connectivity index (χ4v) is 2.78. The van der Waals surface area contributed by atoms with Gasteiger partial charge in [0.25, 0.3) is 11.5 Å². The van der Waals surface area contributed by atoms with Crippen LogP contribution in [0.2, 0.25) is 0 Å². The van der Waals surface area contributed by atoms with Crippen LogP contribution in [0.3, 0.4) is 0 Å². The van der Waals surface area contributed by atoms with Gasteiger partial charge in [0.05, 0.1) is 5.69 Å². The van der Waals surface area contributed by atoms with Crippen LogP contribution in [0.5, 0.6) is 0 Å². The van der Waals surface area contributed by atoms with Gasteiger partial charge in [0.15, 0.2) is 5.65 Å². The summed E-state index contributed by atoms with van der Waals surface area (Å²) in [5.74, 6) is -0.329. The van der Waals surface area contributed by atoms with Crippen molar-refractivity contribution in [3.63, 3.8) is 0 Å². The summed E-state index contributed by atoms with van der Waals surface area (Å²) in [6, 6.07) is 10.3. The molecule has 0 bridgehead atoms. The van der Waals surface area contributed by atoms with Gasteiger partial charge in [-0.05, 0) is 32.0 Å². The smallest absolute Gasteiger partial charge is 0.321 e. The zero-order valence-electron chi connectivity index (χ0n) is 14.0. The molecular weight excluding hydrogens is 320 g/mol. The van der Waals surface area contributed by atoms with Crippen LogP contribution in [0.25, 0.3) is 11.0 Å². The molecule has 0 fully saturated rings. The number of aryl methyl sites for hydroxylation is 1. The Morgan fingerprint density at radius 2 is 1.72 bits per heavy atom. The maximum atomic E-state index is 12.7. The fourth-order valence-electron chi connectivity index (χ4n) is 2.78. The van der Waals surface area contributed by atoms with Crippen molar-refractivity contribution in [2.75, 3.05) is 5.32 Å². The molecule has 1 N–H and O–H groups in total. The van der Waals surface area contributed by atoms with Gasteiger partial charge in [-0.25, -0.2) is 9.78 Å². The fraction of sp³-hybridized carbons (Fsp3) is 0.222. The molecule has 0 atom stereocenters. The van der Waals surface area contributed by atoms with Gasteiger partial charge in [0.1, 0.15) is 5.39 Å². The molecule has 3 aromatic rings. The summed E-state index contributed by atoms with van der Waals surface area (Å²) in [5.41, 5.74) is 0.235. The van der Waals surface area contributed by atoms with Gasteiger partial charge in [-0.2, -0.15) is 0 Å². The van der Waals surface area contributed by atoms with E-state index in [0.717, 1.165) is 4.57 Å². The predicted octanol–water partition coefficient (Wildman–Crippen LogP) is 1.85. The molecule has 2 aromatic heterocycles. The van der Waals surface area contributed by atoms with Crippen molar-refractivity contribution in [1.29, 1.82) is 0 Å². The zero-order valence-corrected chi connectivity index (χ0v) is 14.0. The highest BCUT2D eigenvalue weighted by atomic mass is 16.2. The van der Waals surface area contributed by atoms with E-state index in [1.807, 2.05) is 13.0 Å². The first-order valence-corrected chi connectivity index (χ1v) is 8.07. The maximum Gasteiger partial charge on any atom is 0.332 e. The lowest BCUT2D eigenvalue weighted by atomic mass is 10.2. The third-order valence-electron chi connectivity index (χ3n) is 4.02. The Bertz CT molecular complexity index is 1050. The molecule has 25 heavy (non-hydrogen) atoms. The van der Waals surface area contributed by atoms with E-state index >= 15 is 0 Å². The lowest BCUT2D eigenvalue weighted by Gasteiger charge is -2.13. The van der Waals surface area contributed by atoms with Crippen LogP contribution in [0, 0.1) is 0 Å². The van der Waals surface area contributed by atoms with E-state index in [0.29, 0.717) is 17.8 Å². The Balaban J connectivity index is 2.22. The number of carbonyl (C=O) groups is 1. The molecule has 1 aromatic carbocycles. The van der Waals surface area contributed by atoms with E-state index in [1.165, 1.54) is 10.8 Å². The lowest BCUT2D eigenvalue weighted by molar-refractivity contribution is 0.102. The normalized spacial score (nSPS) is 10.8. The standard InChI is InChI=1S/C18H18N4O3/c1-3-21-15-14(17(24)22(4-2)18(21)25)13(10-11-19-15)20-16(23)12-8-6-5-7-9-12/h5-11H,3-4H2,1-2H3,(H,19,20,23). The molecule has 0 radical (unpaired) electrons. The number of aromatic nitrogens is 3. The molecule has 7 nitrogen and oxygen atoms in total. The van der Waals surface area contributed by atoms with Crippen LogP contribution in [-0.2, 0) is 13.1 Å². The Labute approximate surface area is 143 Å². The second kappa shape index (κ2) is 6.72. The van der Waals surface area contributed by atoms with Crippen LogP contribution in [0.4, 0.5) is 5.69 Å². The summed E-state index contributed by atoms with van der Waals surface area (Å²) >= 11 is 0. The molecule has 0 aliphatic carbocycles. The van der Waals surface area contributed by atoms with Gasteiger partial charge in [0.2, 0.25) is 0 Å². The van der Waals surface area contributed by atoms with E-state index in [1.54, 1.807) is 37.3 Å². The number of pyridine rings is 1. The molecule has 2 heterocycles. The number of nitrogens with one attached hydrogen (secondary N) is 1. The lowest BCUT2D eigenvalue weighted by Crippen LogP contribution is -2.40. The van der Waals surface area contributed by atoms with Gasteiger partial charge in [-0.1, -0.05) is 18.2 Å². The number of amides is 1. The number of nitrogens with zero attached hydrogens (tertiary/aromatic N) is 3. The molecule has 0 spiro atoms. The Morgan fingerprint density at radius 3 is 2.36 bits per heavy atom. The molecule has 0 aliphatic rings. The van der Waals surface area contributed by atoms with Crippen molar-refractivity contribution >= 4 is 22.6 Å². The summed E-state index contributed by atoms with van der Waals surface area (Å²) in [6.07, 6.45) is 1.48. The summed E-state index contributed by atoms with van der Waals surface area (Å²) in [4.78, 5) is 41.8. The molecule has 0 aliphatic heterocycles. The Morgan fingerprint density at radius 1 is 1.04 bits per heavy atom. The molecule has 0 unspecified atom stereocenters. The third kappa shape index (κ3) is 2.84. The number of rotatable bonds is 4. The highest BCUT2D eigenvalue weighted by molar-refractivity contribution is 6.08. The Hall–Kier alpha value is -3.22. The average molecular weight is 338 g/mol. The first-order valence-electron chi connectivity index (χ1n) is 8.07. The monoisotopic (exact) mass is 338 g/mol. The molecule has 0 saturated heterocycles. The second-order valence-corrected chi connectivity index (χ2v) is 5.45. The van der Waals surface area contributed by atoms with Crippen LogP contribution in [0.1, 0.15) is 24.2 Å². The molecule has 1 amide bonds. The SMILES string of the molecule is CCn1c(=O)c2c(NC(=O)c3ccccc3)ccnc2n(CC)c1=O. The number of hydrogen-bond donors (Lipinski definition) is 1. The molecule has 0 saturated carbocycles. The van der Waals surface area contributed by atoms with E-state index in [9.17, 15) is 14.4 Å². The van der Waals surface area contributed by atoms with Crippen LogP contribution >= 0.6 is 0 Å². The topological polar surface area (TPSA) is 86.0 Å². The summed E-state index contributed by atoms with van der Waals surface area (Å²) in [5, 5.41) is 2.99. The molecule has 128 valence electrons. The van der Waals surface area contributed by atoms with Crippen LogP contribution < -0.4 is 16.6 Å². The number of anilines is 1. The van der Waals surface area contributed by atoms with E-state index in [2.05, 4.69) is 10.3 Å². The summed E-state index contributed by atoms with van der Waals surface area (Å²) in [7, 11) is 0. The third-order valence-corrected chi connectivity index (χ3v) is 4.02. The maximum absolute atomic E-state index is 12.7. The highest BCUT2D eigenvalue weighted by Gasteiger charge is 2.17. The first-order chi connectivity index (χ1) is 12.1. The predicted molar refractivity (Wildman–Crippen MR) is 96.0 cm³/mol. The van der Waals surface area contributed by atoms with Crippen molar-refractivity contribution in [2.45, 2.75) is 26.9 Å². The van der Waals surface area contributed by atoms with Gasteiger partial charge in [-0.15, -0.1) is 0 Å². The van der Waals surface area contributed by atoms with Crippen molar-refractivity contribution < 1.29 is 4.79 Å². The van der Waals surface area contributed by atoms with Gasteiger partial charge < -0.3 is 5.32 Å². The first kappa shape index (κ1) is 16.6. The highest BCUT2D eigenvalue weighted by Crippen LogP contribution is 2.18. The number of hydrogen-bond acceptors (Lipinski definition) is 4. The number of fused-ring (bicyclic) bond motifs is 1. The van der Waals surface area contributed by atoms with E-state index in [4.69, 9.17) is 0 Å². The minimum Gasteiger partial charge on any atom is -0.321 e. The van der Waals surface area contributed by atoms with Crippen molar-refractivity contribution in [3.8, 4) is 0 Å². The minimum absolute atomic E-state index is 0.232. The molecule has 7 heteroatoms. The van der Waals surface area contributed by atoms with Gasteiger partial charge in [-0.3, -0.25) is 18.7 Å². The van der Waals surface area contributed by atoms with Crippen molar-refractivity contribution in [3.05, 3.63) is 69.0 Å². The molecule has 3 rings (SSSR count). The zero-order chi connectivity index (χ0) is 18.0. The van der Waals surface area contributed by atoms with Crippen LogP contribution in [0.15, 0.2) is 52.2 Å². The molecular formula is C18H18N4O3. The number of carbonyl (C=O) groups excluding carboxylic acids is 1. The number of benzene rings is 1. The minimum atomic E-state index is -0.455. The summed E-state index contributed by atoms with van der Waals surface area (Å²) < 4.78 is 2.57. The van der Waals surface area contributed by atoms with E-state index in [-0.39, 0.29) is 23.5 Å². The second-order valence-electron chi connectivity index (χ2n) is 5.45. The van der Waals surface area contributed by atoms with Crippen LogP contribution in [-0.4, -0.2) is 20.0 Å². The van der Waals surface area contributed by atoms with Gasteiger partial charge >= 0.3 is 5.69 Å². The average Bonchev–Trinajstić information content (AvgIpc) is 2.63. The Kier molecular flexibility index (Phi) is 4.47.